The molecule has 1 heterocycles. The largest absolute Gasteiger partial charge is 0.481 e. The molecule has 0 spiro atoms. The molecule has 1 fully saturated rings. The molecule has 7 nitrogen and oxygen atoms in total. The molecule has 0 bridgehead atoms. The zero-order valence-electron chi connectivity index (χ0n) is 18.3. The lowest BCUT2D eigenvalue weighted by atomic mass is 10.0. The van der Waals surface area contributed by atoms with Gasteiger partial charge >= 0.3 is 0 Å². The van der Waals surface area contributed by atoms with Gasteiger partial charge in [-0.15, -0.1) is 0 Å². The van der Waals surface area contributed by atoms with Gasteiger partial charge in [-0.25, -0.2) is 4.98 Å². The minimum absolute atomic E-state index is 0. The highest BCUT2D eigenvalue weighted by atomic mass is 16.5. The summed E-state index contributed by atoms with van der Waals surface area (Å²) in [5, 5.41) is 7.42. The fourth-order valence-corrected chi connectivity index (χ4v) is 3.76. The van der Waals surface area contributed by atoms with E-state index < -0.39 is 5.97 Å². The third-order valence-electron chi connectivity index (χ3n) is 5.24. The third kappa shape index (κ3) is 7.17. The van der Waals surface area contributed by atoms with Crippen LogP contribution in [-0.4, -0.2) is 35.9 Å². The van der Waals surface area contributed by atoms with Crippen molar-refractivity contribution in [2.75, 3.05) is 13.7 Å². The van der Waals surface area contributed by atoms with Crippen LogP contribution in [0.5, 0.6) is 0 Å². The van der Waals surface area contributed by atoms with Crippen LogP contribution in [0.15, 0.2) is 52.9 Å². The van der Waals surface area contributed by atoms with Crippen molar-refractivity contribution < 1.29 is 23.8 Å². The Morgan fingerprint density at radius 1 is 1.16 bits per heavy atom. The number of rotatable bonds is 7. The van der Waals surface area contributed by atoms with Crippen LogP contribution < -0.4 is 6.15 Å². The Balaban J connectivity index is 0.000000631. The molecule has 0 radical (unpaired) electrons. The van der Waals surface area contributed by atoms with E-state index in [1.807, 2.05) is 24.3 Å². The lowest BCUT2D eigenvalue weighted by Crippen LogP contribution is -2.19. The van der Waals surface area contributed by atoms with Crippen molar-refractivity contribution in [1.82, 2.24) is 11.1 Å². The summed E-state index contributed by atoms with van der Waals surface area (Å²) < 4.78 is 17.3. The second kappa shape index (κ2) is 12.2. The molecule has 0 saturated heterocycles. The van der Waals surface area contributed by atoms with Gasteiger partial charge in [0.15, 0.2) is 5.58 Å². The van der Waals surface area contributed by atoms with Gasteiger partial charge in [0.05, 0.1) is 12.7 Å². The van der Waals surface area contributed by atoms with Gasteiger partial charge in [0.25, 0.3) is 5.97 Å². The van der Waals surface area contributed by atoms with Gasteiger partial charge in [-0.3, -0.25) is 4.79 Å². The molecule has 168 valence electrons. The number of oxazole rings is 1. The average Bonchev–Trinajstić information content (AvgIpc) is 3.37. The molecular weight excluding hydrogens is 396 g/mol. The van der Waals surface area contributed by atoms with E-state index in [0.717, 1.165) is 43.0 Å². The number of para-hydroxylation sites is 2. The molecule has 4 N–H and O–H groups in total. The van der Waals surface area contributed by atoms with Gasteiger partial charge < -0.3 is 25.1 Å². The van der Waals surface area contributed by atoms with E-state index >= 15 is 0 Å². The molecule has 2 aromatic carbocycles. The Morgan fingerprint density at radius 3 is 2.55 bits per heavy atom. The molecule has 1 saturated carbocycles. The number of hydrogen-bond donors (Lipinski definition) is 2. The lowest BCUT2D eigenvalue weighted by Gasteiger charge is -2.20. The van der Waals surface area contributed by atoms with Crippen molar-refractivity contribution in [3.05, 3.63) is 54.1 Å². The summed E-state index contributed by atoms with van der Waals surface area (Å²) in [6, 6.07) is 16.1. The van der Waals surface area contributed by atoms with Crippen molar-refractivity contribution in [3.63, 3.8) is 0 Å². The normalized spacial score (nSPS) is 17.6. The maximum atomic E-state index is 9.00. The first-order valence-electron chi connectivity index (χ1n) is 10.3. The standard InChI is InChI=1S/C22H25NO3.C2H4O2.H3N/c1-24-14-13-17-5-4-8-20(17)25-15-16-9-11-18(12-10-16)22-23-19-6-2-3-7-21(19)26-22;1-2(3)4;/h2-3,6-7,9-12,17,20H,4-5,8,13-15H2,1H3;1H3,(H,3,4);1H3/t17-,20-;;/m1../s1. The molecule has 31 heavy (non-hydrogen) atoms. The molecule has 3 aromatic rings. The Kier molecular flexibility index (Phi) is 9.65. The van der Waals surface area contributed by atoms with Crippen LogP contribution in [0, 0.1) is 5.92 Å². The van der Waals surface area contributed by atoms with E-state index in [1.165, 1.54) is 18.4 Å². The summed E-state index contributed by atoms with van der Waals surface area (Å²) in [6.07, 6.45) is 5.13. The Labute approximate surface area is 183 Å². The van der Waals surface area contributed by atoms with Crippen LogP contribution in [0.25, 0.3) is 22.6 Å². The highest BCUT2D eigenvalue weighted by Crippen LogP contribution is 2.31. The number of nitrogens with zero attached hydrogens (tertiary/aromatic N) is 1. The molecule has 0 aliphatic heterocycles. The SMILES string of the molecule is CC(=O)O.COCC[C@H]1CCC[C@H]1OCc1ccc(-c2nc3ccccc3o2)cc1.N. The van der Waals surface area contributed by atoms with Crippen LogP contribution in [0.2, 0.25) is 0 Å². The zero-order valence-corrected chi connectivity index (χ0v) is 18.3. The van der Waals surface area contributed by atoms with Crippen LogP contribution in [0.4, 0.5) is 0 Å². The maximum absolute atomic E-state index is 9.00. The minimum atomic E-state index is -0.833. The fraction of sp³-hybridized carbons (Fsp3) is 0.417. The van der Waals surface area contributed by atoms with Gasteiger partial charge in [-0.1, -0.05) is 30.7 Å². The van der Waals surface area contributed by atoms with Gasteiger partial charge in [-0.2, -0.15) is 0 Å². The van der Waals surface area contributed by atoms with Crippen molar-refractivity contribution in [3.8, 4) is 11.5 Å². The third-order valence-corrected chi connectivity index (χ3v) is 5.24. The number of carboxylic acids is 1. The molecule has 4 rings (SSSR count). The summed E-state index contributed by atoms with van der Waals surface area (Å²) in [5.74, 6) is 0.461. The molecule has 1 aliphatic rings. The summed E-state index contributed by atoms with van der Waals surface area (Å²) in [6.45, 7) is 2.56. The molecule has 0 amide bonds. The topological polar surface area (TPSA) is 117 Å². The number of carboxylic acid groups (broad SMARTS) is 1. The van der Waals surface area contributed by atoms with E-state index in [1.54, 1.807) is 7.11 Å². The van der Waals surface area contributed by atoms with Gasteiger partial charge in [0.1, 0.15) is 5.52 Å². The van der Waals surface area contributed by atoms with Crippen molar-refractivity contribution in [1.29, 1.82) is 0 Å². The fourth-order valence-electron chi connectivity index (χ4n) is 3.76. The quantitative estimate of drug-likeness (QED) is 0.512. The molecule has 1 aliphatic carbocycles. The van der Waals surface area contributed by atoms with Crippen LogP contribution >= 0.6 is 0 Å². The van der Waals surface area contributed by atoms with Crippen LogP contribution in [0.1, 0.15) is 38.2 Å². The summed E-state index contributed by atoms with van der Waals surface area (Å²) in [7, 11) is 1.77. The Hall–Kier alpha value is -2.74. The molecule has 0 unspecified atom stereocenters. The predicted octanol–water partition coefficient (Wildman–Crippen LogP) is 5.47. The molecule has 2 atom stereocenters. The molecular formula is C24H32N2O5. The summed E-state index contributed by atoms with van der Waals surface area (Å²) >= 11 is 0. The highest BCUT2D eigenvalue weighted by molar-refractivity contribution is 5.75. The number of methoxy groups -OCH3 is 1. The van der Waals surface area contributed by atoms with Crippen molar-refractivity contribution in [2.45, 2.75) is 45.3 Å². The second-order valence-corrected chi connectivity index (χ2v) is 7.52. The van der Waals surface area contributed by atoms with E-state index in [4.69, 9.17) is 23.8 Å². The summed E-state index contributed by atoms with van der Waals surface area (Å²) in [4.78, 5) is 13.6. The van der Waals surface area contributed by atoms with E-state index in [9.17, 15) is 0 Å². The first-order valence-corrected chi connectivity index (χ1v) is 10.3. The average molecular weight is 429 g/mol. The van der Waals surface area contributed by atoms with E-state index in [0.29, 0.717) is 24.5 Å². The monoisotopic (exact) mass is 428 g/mol. The van der Waals surface area contributed by atoms with Gasteiger partial charge in [0.2, 0.25) is 5.89 Å². The number of benzene rings is 2. The van der Waals surface area contributed by atoms with Crippen LogP contribution in [-0.2, 0) is 20.9 Å². The van der Waals surface area contributed by atoms with Gasteiger partial charge in [0, 0.05) is 26.2 Å². The Morgan fingerprint density at radius 2 is 1.87 bits per heavy atom. The van der Waals surface area contributed by atoms with E-state index in [2.05, 4.69) is 29.2 Å². The van der Waals surface area contributed by atoms with Crippen molar-refractivity contribution >= 4 is 17.1 Å². The second-order valence-electron chi connectivity index (χ2n) is 7.52. The number of aromatic nitrogens is 1. The number of aliphatic carboxylic acids is 1. The van der Waals surface area contributed by atoms with Gasteiger partial charge in [-0.05, 0) is 55.0 Å². The van der Waals surface area contributed by atoms with Crippen LogP contribution in [0.3, 0.4) is 0 Å². The van der Waals surface area contributed by atoms with Crippen molar-refractivity contribution in [2.24, 2.45) is 5.92 Å². The first kappa shape index (κ1) is 24.5. The molecule has 1 aromatic heterocycles. The lowest BCUT2D eigenvalue weighted by molar-refractivity contribution is -0.134. The smallest absolute Gasteiger partial charge is 0.300 e. The maximum Gasteiger partial charge on any atom is 0.300 e. The predicted molar refractivity (Wildman–Crippen MR) is 120 cm³/mol. The zero-order chi connectivity index (χ0) is 21.3. The number of fused-ring (bicyclic) bond motifs is 1. The highest BCUT2D eigenvalue weighted by Gasteiger charge is 2.27. The van der Waals surface area contributed by atoms with E-state index in [-0.39, 0.29) is 6.15 Å². The number of ether oxygens (including phenoxy) is 2. The first-order chi connectivity index (χ1) is 14.6. The Bertz CT molecular complexity index is 902. The summed E-state index contributed by atoms with van der Waals surface area (Å²) in [5.41, 5.74) is 3.88. The molecule has 7 heteroatoms. The number of carbonyl (C=O) groups is 1. The number of hydrogen-bond acceptors (Lipinski definition) is 6. The minimum Gasteiger partial charge on any atom is -0.481 e.